The third-order valence-corrected chi connectivity index (χ3v) is 4.32. The zero-order chi connectivity index (χ0) is 18.4. The molecule has 0 spiro atoms. The maximum atomic E-state index is 12.0. The van der Waals surface area contributed by atoms with E-state index in [0.717, 1.165) is 24.0 Å². The molecule has 1 aliphatic rings. The van der Waals surface area contributed by atoms with E-state index in [-0.39, 0.29) is 12.5 Å². The topological polar surface area (TPSA) is 81.4 Å². The lowest BCUT2D eigenvalue weighted by atomic mass is 10.1. The zero-order valence-electron chi connectivity index (χ0n) is 14.5. The van der Waals surface area contributed by atoms with Crippen molar-refractivity contribution in [1.29, 1.82) is 0 Å². The number of amides is 2. The predicted molar refractivity (Wildman–Crippen MR) is 100 cm³/mol. The number of nitrogens with two attached hydrogens (primary N) is 1. The third-order valence-electron chi connectivity index (χ3n) is 4.32. The first-order valence-electron chi connectivity index (χ1n) is 8.68. The van der Waals surface area contributed by atoms with Crippen molar-refractivity contribution in [2.75, 3.05) is 6.61 Å². The number of hydrogen-bond donors (Lipinski definition) is 2. The van der Waals surface area contributed by atoms with Crippen molar-refractivity contribution >= 4 is 17.9 Å². The normalized spacial score (nSPS) is 12.8. The molecule has 5 heteroatoms. The molecule has 0 fully saturated rings. The first-order valence-corrected chi connectivity index (χ1v) is 8.68. The Morgan fingerprint density at radius 2 is 1.85 bits per heavy atom. The smallest absolute Gasteiger partial charge is 0.255 e. The van der Waals surface area contributed by atoms with Gasteiger partial charge >= 0.3 is 0 Å². The second-order valence-electron chi connectivity index (χ2n) is 6.33. The van der Waals surface area contributed by atoms with Gasteiger partial charge in [0.05, 0.1) is 0 Å². The van der Waals surface area contributed by atoms with Crippen molar-refractivity contribution in [1.82, 2.24) is 5.32 Å². The summed E-state index contributed by atoms with van der Waals surface area (Å²) in [7, 11) is 0. The Balaban J connectivity index is 1.49. The summed E-state index contributed by atoms with van der Waals surface area (Å²) in [5.74, 6) is -0.101. The molecule has 1 aliphatic carbocycles. The summed E-state index contributed by atoms with van der Waals surface area (Å²) in [6.07, 6.45) is 6.76. The van der Waals surface area contributed by atoms with E-state index in [0.29, 0.717) is 12.3 Å². The van der Waals surface area contributed by atoms with E-state index in [2.05, 4.69) is 23.5 Å². The Hall–Kier alpha value is -3.08. The van der Waals surface area contributed by atoms with Crippen LogP contribution < -0.4 is 15.8 Å². The van der Waals surface area contributed by atoms with Gasteiger partial charge in [0, 0.05) is 12.6 Å². The van der Waals surface area contributed by atoms with E-state index in [1.165, 1.54) is 23.6 Å². The van der Waals surface area contributed by atoms with Crippen molar-refractivity contribution < 1.29 is 14.3 Å². The number of fused-ring (bicyclic) bond motifs is 1. The van der Waals surface area contributed by atoms with E-state index >= 15 is 0 Å². The standard InChI is InChI=1S/C21H22N2O3/c22-20(24)14-26-19-9-5-15(6-10-19)7-11-21(25)23-13-16-4-8-17-2-1-3-18(17)12-16/h4-12H,1-3,13-14H2,(H2,22,24)(H,23,25)/b11-7+. The summed E-state index contributed by atoms with van der Waals surface area (Å²) < 4.78 is 5.19. The lowest BCUT2D eigenvalue weighted by molar-refractivity contribution is -0.120. The molecule has 0 unspecified atom stereocenters. The molecule has 3 N–H and O–H groups in total. The van der Waals surface area contributed by atoms with E-state index in [1.807, 2.05) is 0 Å². The highest BCUT2D eigenvalue weighted by molar-refractivity contribution is 5.91. The fourth-order valence-electron chi connectivity index (χ4n) is 2.98. The molecule has 0 aromatic heterocycles. The predicted octanol–water partition coefficient (Wildman–Crippen LogP) is 2.37. The number of carbonyl (C=O) groups is 2. The van der Waals surface area contributed by atoms with Crippen LogP contribution in [0, 0.1) is 0 Å². The van der Waals surface area contributed by atoms with Gasteiger partial charge in [0.25, 0.3) is 5.91 Å². The second-order valence-corrected chi connectivity index (χ2v) is 6.33. The van der Waals surface area contributed by atoms with Crippen molar-refractivity contribution in [3.8, 4) is 5.75 Å². The molecule has 5 nitrogen and oxygen atoms in total. The van der Waals surface area contributed by atoms with Crippen LogP contribution in [0.1, 0.15) is 28.7 Å². The van der Waals surface area contributed by atoms with Crippen LogP contribution in [-0.4, -0.2) is 18.4 Å². The number of hydrogen-bond acceptors (Lipinski definition) is 3. The summed E-state index contributed by atoms with van der Waals surface area (Å²) in [6, 6.07) is 13.5. The molecule has 0 atom stereocenters. The summed E-state index contributed by atoms with van der Waals surface area (Å²) in [5, 5.41) is 2.90. The second kappa shape index (κ2) is 8.34. The van der Waals surface area contributed by atoms with Gasteiger partial charge < -0.3 is 15.8 Å². The first kappa shape index (κ1) is 17.7. The third kappa shape index (κ3) is 4.96. The van der Waals surface area contributed by atoms with Crippen LogP contribution in [0.5, 0.6) is 5.75 Å². The molecule has 2 aromatic rings. The molecule has 26 heavy (non-hydrogen) atoms. The highest BCUT2D eigenvalue weighted by atomic mass is 16.5. The SMILES string of the molecule is NC(=O)COc1ccc(/C=C/C(=O)NCc2ccc3c(c2)CCC3)cc1. The van der Waals surface area contributed by atoms with Gasteiger partial charge in [-0.05, 0) is 59.7 Å². The maximum Gasteiger partial charge on any atom is 0.255 e. The Labute approximate surface area is 152 Å². The summed E-state index contributed by atoms with van der Waals surface area (Å²) in [4.78, 5) is 22.7. The summed E-state index contributed by atoms with van der Waals surface area (Å²) in [6.45, 7) is 0.372. The molecule has 0 aliphatic heterocycles. The summed E-state index contributed by atoms with van der Waals surface area (Å²) >= 11 is 0. The number of ether oxygens (including phenoxy) is 1. The fourth-order valence-corrected chi connectivity index (χ4v) is 2.98. The molecular formula is C21H22N2O3. The average Bonchev–Trinajstić information content (AvgIpc) is 3.11. The molecule has 0 saturated carbocycles. The lowest BCUT2D eigenvalue weighted by Crippen LogP contribution is -2.20. The van der Waals surface area contributed by atoms with Crippen LogP contribution in [0.15, 0.2) is 48.5 Å². The number of carbonyl (C=O) groups excluding carboxylic acids is 2. The number of rotatable bonds is 7. The molecule has 2 amide bonds. The van der Waals surface area contributed by atoms with Gasteiger partial charge in [-0.3, -0.25) is 9.59 Å². The minimum Gasteiger partial charge on any atom is -0.484 e. The monoisotopic (exact) mass is 350 g/mol. The number of benzene rings is 2. The van der Waals surface area contributed by atoms with Gasteiger partial charge in [-0.15, -0.1) is 0 Å². The van der Waals surface area contributed by atoms with E-state index in [4.69, 9.17) is 10.5 Å². The number of primary amides is 1. The molecule has 2 aromatic carbocycles. The Bertz CT molecular complexity index is 826. The Morgan fingerprint density at radius 3 is 2.62 bits per heavy atom. The minimum absolute atomic E-state index is 0.139. The van der Waals surface area contributed by atoms with Crippen molar-refractivity contribution in [3.63, 3.8) is 0 Å². The van der Waals surface area contributed by atoms with Crippen LogP contribution in [0.25, 0.3) is 6.08 Å². The first-order chi connectivity index (χ1) is 12.6. The van der Waals surface area contributed by atoms with Gasteiger partial charge in [-0.2, -0.15) is 0 Å². The van der Waals surface area contributed by atoms with E-state index in [9.17, 15) is 9.59 Å². The highest BCUT2D eigenvalue weighted by Crippen LogP contribution is 2.22. The largest absolute Gasteiger partial charge is 0.484 e. The minimum atomic E-state index is -0.519. The zero-order valence-corrected chi connectivity index (χ0v) is 14.5. The molecule has 134 valence electrons. The van der Waals surface area contributed by atoms with E-state index < -0.39 is 5.91 Å². The fraction of sp³-hybridized carbons (Fsp3) is 0.238. The van der Waals surface area contributed by atoms with E-state index in [1.54, 1.807) is 30.3 Å². The lowest BCUT2D eigenvalue weighted by Gasteiger charge is -2.06. The van der Waals surface area contributed by atoms with Crippen LogP contribution in [-0.2, 0) is 29.0 Å². The van der Waals surface area contributed by atoms with Gasteiger partial charge in [0.15, 0.2) is 6.61 Å². The summed E-state index contributed by atoms with van der Waals surface area (Å²) in [5.41, 5.74) is 9.86. The van der Waals surface area contributed by atoms with Crippen molar-refractivity contribution in [2.24, 2.45) is 5.73 Å². The molecule has 3 rings (SSSR count). The molecule has 0 radical (unpaired) electrons. The molecule has 0 bridgehead atoms. The number of nitrogens with one attached hydrogen (secondary N) is 1. The molecular weight excluding hydrogens is 328 g/mol. The van der Waals surface area contributed by atoms with Crippen LogP contribution >= 0.6 is 0 Å². The van der Waals surface area contributed by atoms with Gasteiger partial charge in [-0.25, -0.2) is 0 Å². The van der Waals surface area contributed by atoms with Gasteiger partial charge in [0.1, 0.15) is 5.75 Å². The highest BCUT2D eigenvalue weighted by Gasteiger charge is 2.10. The molecule has 0 heterocycles. The average molecular weight is 350 g/mol. The van der Waals surface area contributed by atoms with Crippen molar-refractivity contribution in [3.05, 3.63) is 70.8 Å². The van der Waals surface area contributed by atoms with Crippen molar-refractivity contribution in [2.45, 2.75) is 25.8 Å². The number of aryl methyl sites for hydroxylation is 2. The van der Waals surface area contributed by atoms with Gasteiger partial charge in [0.2, 0.25) is 5.91 Å². The maximum absolute atomic E-state index is 12.0. The van der Waals surface area contributed by atoms with Crippen LogP contribution in [0.2, 0.25) is 0 Å². The Kier molecular flexibility index (Phi) is 5.69. The molecule has 0 saturated heterocycles. The van der Waals surface area contributed by atoms with Crippen LogP contribution in [0.3, 0.4) is 0 Å². The van der Waals surface area contributed by atoms with Gasteiger partial charge in [-0.1, -0.05) is 30.3 Å². The quantitative estimate of drug-likeness (QED) is 0.752. The van der Waals surface area contributed by atoms with Crippen LogP contribution in [0.4, 0.5) is 0 Å². The Morgan fingerprint density at radius 1 is 1.08 bits per heavy atom.